The minimum absolute atomic E-state index is 0.735. The monoisotopic (exact) mass is 343 g/mol. The number of hydrogen-bond acceptors (Lipinski definition) is 4. The second-order valence-electron chi connectivity index (χ2n) is 5.36. The molecule has 0 radical (unpaired) electrons. The van der Waals surface area contributed by atoms with Gasteiger partial charge in [-0.15, -0.1) is 0 Å². The molecule has 118 valence electrons. The molecule has 2 heterocycles. The van der Waals surface area contributed by atoms with Crippen molar-refractivity contribution in [3.8, 4) is 21.6 Å². The van der Waals surface area contributed by atoms with Gasteiger partial charge in [0.15, 0.2) is 5.13 Å². The van der Waals surface area contributed by atoms with Crippen molar-refractivity contribution in [1.29, 1.82) is 0 Å². The molecule has 3 rings (SSSR count). The molecule has 0 unspecified atom stereocenters. The van der Waals surface area contributed by atoms with Crippen molar-refractivity contribution < 1.29 is 0 Å². The van der Waals surface area contributed by atoms with Crippen LogP contribution in [-0.2, 0) is 0 Å². The Hall–Kier alpha value is -1.91. The predicted octanol–water partition coefficient (Wildman–Crippen LogP) is 5.66. The van der Waals surface area contributed by atoms with Crippen molar-refractivity contribution >= 4 is 28.1 Å². The van der Waals surface area contributed by atoms with Gasteiger partial charge in [-0.2, -0.15) is 0 Å². The van der Waals surface area contributed by atoms with Crippen molar-refractivity contribution in [2.24, 2.45) is 0 Å². The zero-order valence-corrected chi connectivity index (χ0v) is 14.7. The fourth-order valence-electron chi connectivity index (χ4n) is 2.38. The summed E-state index contributed by atoms with van der Waals surface area (Å²) in [6, 6.07) is 8.07. The minimum Gasteiger partial charge on any atom is -0.362 e. The van der Waals surface area contributed by atoms with E-state index in [1.807, 2.05) is 30.6 Å². The van der Waals surface area contributed by atoms with Gasteiger partial charge in [-0.1, -0.05) is 41.5 Å². The number of aryl methyl sites for hydroxylation is 1. The maximum atomic E-state index is 6.41. The van der Waals surface area contributed by atoms with Crippen molar-refractivity contribution in [3.63, 3.8) is 0 Å². The second-order valence-corrected chi connectivity index (χ2v) is 6.80. The molecule has 0 bridgehead atoms. The summed E-state index contributed by atoms with van der Waals surface area (Å²) in [5.41, 5.74) is 4.32. The van der Waals surface area contributed by atoms with Gasteiger partial charge in [0.1, 0.15) is 0 Å². The summed E-state index contributed by atoms with van der Waals surface area (Å²) in [6.07, 6.45) is 6.66. The van der Waals surface area contributed by atoms with Crippen LogP contribution in [0.4, 0.5) is 5.13 Å². The van der Waals surface area contributed by atoms with Gasteiger partial charge >= 0.3 is 0 Å². The van der Waals surface area contributed by atoms with Crippen LogP contribution in [0.25, 0.3) is 21.6 Å². The van der Waals surface area contributed by atoms with Gasteiger partial charge < -0.3 is 5.32 Å². The smallest absolute Gasteiger partial charge is 0.183 e. The van der Waals surface area contributed by atoms with E-state index in [0.717, 1.165) is 44.7 Å². The summed E-state index contributed by atoms with van der Waals surface area (Å²) in [4.78, 5) is 9.85. The highest BCUT2D eigenvalue weighted by molar-refractivity contribution is 7.18. The molecular formula is C18H18ClN3S. The summed E-state index contributed by atoms with van der Waals surface area (Å²) in [5.74, 6) is 0. The van der Waals surface area contributed by atoms with Crippen LogP contribution in [0.15, 0.2) is 42.9 Å². The predicted molar refractivity (Wildman–Crippen MR) is 99.3 cm³/mol. The Bertz CT molecular complexity index is 814. The Morgan fingerprint density at radius 3 is 2.83 bits per heavy atom. The number of halogens is 1. The normalized spacial score (nSPS) is 10.7. The third-order valence-electron chi connectivity index (χ3n) is 3.53. The van der Waals surface area contributed by atoms with E-state index < -0.39 is 0 Å². The van der Waals surface area contributed by atoms with Crippen LogP contribution < -0.4 is 5.32 Å². The highest BCUT2D eigenvalue weighted by atomic mass is 35.5. The van der Waals surface area contributed by atoms with E-state index in [0.29, 0.717) is 0 Å². The molecule has 5 heteroatoms. The first-order valence-electron chi connectivity index (χ1n) is 7.59. The van der Waals surface area contributed by atoms with Crippen LogP contribution in [0.5, 0.6) is 0 Å². The average molecular weight is 344 g/mol. The molecule has 0 spiro atoms. The van der Waals surface area contributed by atoms with Crippen molar-refractivity contribution in [1.82, 2.24) is 9.97 Å². The summed E-state index contributed by atoms with van der Waals surface area (Å²) in [7, 11) is 0. The van der Waals surface area contributed by atoms with E-state index in [1.54, 1.807) is 17.5 Å². The van der Waals surface area contributed by atoms with E-state index in [2.05, 4.69) is 35.2 Å². The van der Waals surface area contributed by atoms with Gasteiger partial charge in [0.25, 0.3) is 0 Å². The van der Waals surface area contributed by atoms with Crippen molar-refractivity contribution in [2.45, 2.75) is 20.3 Å². The molecule has 1 aromatic carbocycles. The zero-order valence-electron chi connectivity index (χ0n) is 13.1. The molecule has 0 saturated carbocycles. The van der Waals surface area contributed by atoms with E-state index in [4.69, 9.17) is 11.6 Å². The number of benzene rings is 1. The molecule has 0 fully saturated rings. The van der Waals surface area contributed by atoms with Gasteiger partial charge in [-0.05, 0) is 31.5 Å². The number of hydrogen-bond donors (Lipinski definition) is 1. The lowest BCUT2D eigenvalue weighted by molar-refractivity contribution is 0.976. The minimum atomic E-state index is 0.735. The lowest BCUT2D eigenvalue weighted by atomic mass is 10.00. The zero-order chi connectivity index (χ0) is 16.2. The fourth-order valence-corrected chi connectivity index (χ4v) is 3.48. The van der Waals surface area contributed by atoms with E-state index >= 15 is 0 Å². The van der Waals surface area contributed by atoms with Crippen LogP contribution in [0.2, 0.25) is 5.02 Å². The Morgan fingerprint density at radius 2 is 2.00 bits per heavy atom. The molecule has 23 heavy (non-hydrogen) atoms. The molecule has 0 saturated heterocycles. The Morgan fingerprint density at radius 1 is 1.13 bits per heavy atom. The summed E-state index contributed by atoms with van der Waals surface area (Å²) in [6.45, 7) is 5.14. The lowest BCUT2D eigenvalue weighted by Crippen LogP contribution is -1.97. The topological polar surface area (TPSA) is 37.8 Å². The van der Waals surface area contributed by atoms with Gasteiger partial charge in [0.05, 0.1) is 4.88 Å². The Balaban J connectivity index is 2.04. The number of rotatable bonds is 5. The van der Waals surface area contributed by atoms with Crippen molar-refractivity contribution in [3.05, 3.63) is 53.4 Å². The first-order chi connectivity index (χ1) is 11.2. The second kappa shape index (κ2) is 7.11. The van der Waals surface area contributed by atoms with Crippen molar-refractivity contribution in [2.75, 3.05) is 11.9 Å². The maximum Gasteiger partial charge on any atom is 0.183 e. The fraction of sp³-hybridized carbons (Fsp3) is 0.222. The largest absolute Gasteiger partial charge is 0.362 e. The highest BCUT2D eigenvalue weighted by Gasteiger charge is 2.13. The molecular weight excluding hydrogens is 326 g/mol. The van der Waals surface area contributed by atoms with Crippen LogP contribution in [-0.4, -0.2) is 16.5 Å². The molecule has 0 aliphatic carbocycles. The average Bonchev–Trinajstić information content (AvgIpc) is 3.04. The molecule has 3 aromatic rings. The molecule has 0 amide bonds. The van der Waals surface area contributed by atoms with Gasteiger partial charge in [0.2, 0.25) is 0 Å². The van der Waals surface area contributed by atoms with Crippen LogP contribution in [0.1, 0.15) is 18.9 Å². The standard InChI is InChI=1S/C18H18ClN3S/c1-3-7-21-18-22-11-17(23-18)13-6-8-20-10-15(13)14-9-12(2)4-5-16(14)19/h4-6,8-11H,3,7H2,1-2H3,(H,21,22). The van der Waals surface area contributed by atoms with E-state index in [-0.39, 0.29) is 0 Å². The number of pyridine rings is 1. The van der Waals surface area contributed by atoms with Gasteiger partial charge in [0, 0.05) is 46.8 Å². The number of nitrogens with zero attached hydrogens (tertiary/aromatic N) is 2. The maximum absolute atomic E-state index is 6.41. The summed E-state index contributed by atoms with van der Waals surface area (Å²) < 4.78 is 0. The highest BCUT2D eigenvalue weighted by Crippen LogP contribution is 2.38. The van der Waals surface area contributed by atoms with E-state index in [1.165, 1.54) is 5.56 Å². The number of anilines is 1. The Labute approximate surface area is 145 Å². The molecule has 0 aliphatic rings. The summed E-state index contributed by atoms with van der Waals surface area (Å²) >= 11 is 8.06. The van der Waals surface area contributed by atoms with Gasteiger partial charge in [-0.25, -0.2) is 4.98 Å². The molecule has 2 aromatic heterocycles. The molecule has 3 nitrogen and oxygen atoms in total. The van der Waals surface area contributed by atoms with Crippen LogP contribution in [0, 0.1) is 6.92 Å². The third-order valence-corrected chi connectivity index (χ3v) is 4.85. The number of thiazole rings is 1. The number of aromatic nitrogens is 2. The first kappa shape index (κ1) is 16.0. The Kier molecular flexibility index (Phi) is 4.94. The summed E-state index contributed by atoms with van der Waals surface area (Å²) in [5, 5.41) is 5.01. The lowest BCUT2D eigenvalue weighted by Gasteiger charge is -2.10. The number of nitrogens with one attached hydrogen (secondary N) is 1. The third kappa shape index (κ3) is 3.54. The molecule has 0 aliphatic heterocycles. The SMILES string of the molecule is CCCNc1ncc(-c2ccncc2-c2cc(C)ccc2Cl)s1. The molecule has 0 atom stereocenters. The first-order valence-corrected chi connectivity index (χ1v) is 8.79. The molecule has 1 N–H and O–H groups in total. The van der Waals surface area contributed by atoms with Crippen LogP contribution in [0.3, 0.4) is 0 Å². The van der Waals surface area contributed by atoms with E-state index in [9.17, 15) is 0 Å². The van der Waals surface area contributed by atoms with Gasteiger partial charge in [-0.3, -0.25) is 4.98 Å². The quantitative estimate of drug-likeness (QED) is 0.649. The van der Waals surface area contributed by atoms with Crippen LogP contribution >= 0.6 is 22.9 Å².